The van der Waals surface area contributed by atoms with E-state index >= 15 is 0 Å². The van der Waals surface area contributed by atoms with Crippen LogP contribution < -0.4 is 21.0 Å². The number of aromatic nitrogens is 2. The number of benzene rings is 1. The number of para-hydroxylation sites is 1. The summed E-state index contributed by atoms with van der Waals surface area (Å²) in [5, 5.41) is 2.62. The van der Waals surface area contributed by atoms with E-state index in [1.54, 1.807) is 30.3 Å². The van der Waals surface area contributed by atoms with Crippen molar-refractivity contribution in [2.75, 3.05) is 18.9 Å². The van der Waals surface area contributed by atoms with E-state index in [1.807, 2.05) is 13.8 Å². The molecule has 1 fully saturated rings. The zero-order chi connectivity index (χ0) is 25.4. The molecule has 0 spiro atoms. The number of rotatable bonds is 12. The van der Waals surface area contributed by atoms with E-state index in [-0.39, 0.29) is 30.9 Å². The van der Waals surface area contributed by atoms with Crippen LogP contribution in [0.15, 0.2) is 47.4 Å². The van der Waals surface area contributed by atoms with Crippen LogP contribution in [0, 0.1) is 0 Å². The Balaban J connectivity index is 1.66. The quantitative estimate of drug-likeness (QED) is 0.320. The first-order chi connectivity index (χ1) is 16.7. The van der Waals surface area contributed by atoms with Crippen molar-refractivity contribution in [1.29, 1.82) is 0 Å². The topological polar surface area (TPSA) is 153 Å². The highest BCUT2D eigenvalue weighted by atomic mass is 31.2. The summed E-state index contributed by atoms with van der Waals surface area (Å²) in [5.74, 6) is -0.218. The maximum atomic E-state index is 13.6. The van der Waals surface area contributed by atoms with Crippen LogP contribution in [0.5, 0.6) is 5.75 Å². The van der Waals surface area contributed by atoms with Crippen LogP contribution in [0.2, 0.25) is 0 Å². The van der Waals surface area contributed by atoms with Crippen molar-refractivity contribution in [2.24, 2.45) is 0 Å². The second-order valence-corrected chi connectivity index (χ2v) is 9.51. The first-order valence-electron chi connectivity index (χ1n) is 11.3. The number of carbonyl (C=O) groups excluding carboxylic acids is 1. The lowest BCUT2D eigenvalue weighted by molar-refractivity contribution is -0.151. The molecule has 1 aliphatic rings. The summed E-state index contributed by atoms with van der Waals surface area (Å²) in [6.45, 7) is 5.06. The predicted molar refractivity (Wildman–Crippen MR) is 126 cm³/mol. The van der Waals surface area contributed by atoms with Crippen molar-refractivity contribution in [1.82, 2.24) is 14.6 Å². The van der Waals surface area contributed by atoms with Gasteiger partial charge >= 0.3 is 19.4 Å². The Hall–Kier alpha value is -2.76. The molecule has 0 saturated carbocycles. The first-order valence-corrected chi connectivity index (χ1v) is 12.9. The Labute approximate surface area is 203 Å². The molecule has 0 aliphatic carbocycles. The minimum Gasteiger partial charge on any atom is -0.461 e. The second kappa shape index (κ2) is 12.3. The van der Waals surface area contributed by atoms with Crippen LogP contribution >= 0.6 is 7.75 Å². The highest BCUT2D eigenvalue weighted by Gasteiger charge is 2.36. The van der Waals surface area contributed by atoms with Crippen LogP contribution in [-0.4, -0.2) is 47.2 Å². The molecule has 2 heterocycles. The average Bonchev–Trinajstić information content (AvgIpc) is 3.30. The number of carbonyl (C=O) groups is 1. The minimum absolute atomic E-state index is 0.0367. The molecule has 2 aromatic rings. The summed E-state index contributed by atoms with van der Waals surface area (Å²) in [6.07, 6.45) is 0.804. The molecule has 4 atom stereocenters. The minimum atomic E-state index is -4.08. The lowest BCUT2D eigenvalue weighted by Gasteiger charge is -2.24. The molecule has 3 rings (SSSR count). The number of hydrogen-bond donors (Lipinski definition) is 2. The Morgan fingerprint density at radius 1 is 1.29 bits per heavy atom. The van der Waals surface area contributed by atoms with E-state index < -0.39 is 38.0 Å². The van der Waals surface area contributed by atoms with Gasteiger partial charge in [0.25, 0.3) is 0 Å². The number of nitrogens with one attached hydrogen (secondary N) is 1. The highest BCUT2D eigenvalue weighted by molar-refractivity contribution is 7.52. The highest BCUT2D eigenvalue weighted by Crippen LogP contribution is 2.45. The van der Waals surface area contributed by atoms with Gasteiger partial charge in [-0.15, -0.1) is 0 Å². The Bertz CT molecular complexity index is 1080. The van der Waals surface area contributed by atoms with E-state index in [2.05, 4.69) is 10.1 Å². The number of esters is 1. The molecule has 1 aromatic carbocycles. The summed E-state index contributed by atoms with van der Waals surface area (Å²) < 4.78 is 42.6. The van der Waals surface area contributed by atoms with Crippen molar-refractivity contribution in [3.8, 4) is 5.75 Å². The number of anilines is 1. The number of nitrogen functional groups attached to an aromatic ring is 1. The number of nitrogens with zero attached hydrogens (tertiary/aromatic N) is 2. The van der Waals surface area contributed by atoms with E-state index in [9.17, 15) is 14.2 Å². The Kier molecular flexibility index (Phi) is 9.41. The largest absolute Gasteiger partial charge is 0.461 e. The van der Waals surface area contributed by atoms with E-state index in [1.165, 1.54) is 23.8 Å². The molecule has 192 valence electrons. The maximum absolute atomic E-state index is 13.6. The van der Waals surface area contributed by atoms with E-state index in [4.69, 9.17) is 29.0 Å². The van der Waals surface area contributed by atoms with Gasteiger partial charge in [-0.1, -0.05) is 32.0 Å². The van der Waals surface area contributed by atoms with E-state index in [0.717, 1.165) is 0 Å². The van der Waals surface area contributed by atoms with Crippen LogP contribution in [0.4, 0.5) is 5.82 Å². The fourth-order valence-electron chi connectivity index (χ4n) is 3.20. The Morgan fingerprint density at radius 2 is 2.00 bits per heavy atom. The molecule has 3 N–H and O–H groups in total. The smallest absolute Gasteiger partial charge is 0.459 e. The van der Waals surface area contributed by atoms with Crippen LogP contribution in [0.3, 0.4) is 0 Å². The third-order valence-corrected chi connectivity index (χ3v) is 6.79. The summed E-state index contributed by atoms with van der Waals surface area (Å²) in [6, 6.07) is 8.86. The van der Waals surface area contributed by atoms with Crippen molar-refractivity contribution < 1.29 is 32.6 Å². The summed E-state index contributed by atoms with van der Waals surface area (Å²) in [7, 11) is -4.08. The third-order valence-electron chi connectivity index (χ3n) is 5.14. The fourth-order valence-corrected chi connectivity index (χ4v) is 4.68. The Morgan fingerprint density at radius 3 is 2.66 bits per heavy atom. The van der Waals surface area contributed by atoms with Crippen molar-refractivity contribution >= 4 is 19.5 Å². The van der Waals surface area contributed by atoms with Crippen molar-refractivity contribution in [3.05, 3.63) is 53.1 Å². The standard InChI is InChI=1S/C22H31N4O8P/c1-4-16(5-2)32-21(27)15(3)25-35(29,34-17-9-7-6-8-10-17)31-14-20-30-13-19(33-20)26-12-11-18(23)24-22(26)28/h6-12,15-16,19-20H,4-5,13-14H2,1-3H3,(H,25,29)(H2,23,24,28)/t15-,19-,20-,35?/m0/s1. The lowest BCUT2D eigenvalue weighted by atomic mass is 10.2. The van der Waals surface area contributed by atoms with Crippen molar-refractivity contribution in [2.45, 2.75) is 58.3 Å². The molecule has 1 saturated heterocycles. The second-order valence-electron chi connectivity index (χ2n) is 7.82. The monoisotopic (exact) mass is 510 g/mol. The summed E-state index contributed by atoms with van der Waals surface area (Å²) in [5.41, 5.74) is 4.92. The molecular formula is C22H31N4O8P. The van der Waals surface area contributed by atoms with Gasteiger partial charge in [0, 0.05) is 6.20 Å². The van der Waals surface area contributed by atoms with E-state index in [0.29, 0.717) is 12.8 Å². The molecule has 12 nitrogen and oxygen atoms in total. The normalized spacial score (nSPS) is 20.3. The first kappa shape index (κ1) is 26.8. The van der Waals surface area contributed by atoms with Gasteiger partial charge in [-0.2, -0.15) is 10.1 Å². The summed E-state index contributed by atoms with van der Waals surface area (Å²) in [4.78, 5) is 28.2. The van der Waals surface area contributed by atoms with Crippen LogP contribution in [-0.2, 0) is 28.1 Å². The van der Waals surface area contributed by atoms with Gasteiger partial charge in [0.2, 0.25) is 0 Å². The number of ether oxygens (including phenoxy) is 3. The molecule has 1 aromatic heterocycles. The number of nitrogens with two attached hydrogens (primary N) is 1. The molecular weight excluding hydrogens is 479 g/mol. The number of hydrogen-bond acceptors (Lipinski definition) is 10. The predicted octanol–water partition coefficient (Wildman–Crippen LogP) is 2.61. The average molecular weight is 510 g/mol. The molecule has 13 heteroatoms. The summed E-state index contributed by atoms with van der Waals surface area (Å²) >= 11 is 0. The zero-order valence-electron chi connectivity index (χ0n) is 19.9. The third kappa shape index (κ3) is 7.61. The molecule has 1 unspecified atom stereocenters. The molecule has 1 aliphatic heterocycles. The van der Waals surface area contributed by atoms with Crippen LogP contribution in [0.25, 0.3) is 0 Å². The molecule has 35 heavy (non-hydrogen) atoms. The molecule has 0 bridgehead atoms. The SMILES string of the molecule is CCC(CC)OC(=O)[C@H](C)NP(=O)(OC[C@H]1OC[C@@H](n2ccc(N)nc2=O)O1)Oc1ccccc1. The van der Waals surface area contributed by atoms with Crippen LogP contribution in [0.1, 0.15) is 39.8 Å². The molecule has 0 amide bonds. The van der Waals surface area contributed by atoms with Gasteiger partial charge in [0.1, 0.15) is 30.3 Å². The van der Waals surface area contributed by atoms with Gasteiger partial charge < -0.3 is 24.5 Å². The van der Waals surface area contributed by atoms with Gasteiger partial charge in [-0.05, 0) is 38.0 Å². The maximum Gasteiger partial charge on any atom is 0.459 e. The fraction of sp³-hybridized carbons (Fsp3) is 0.500. The van der Waals surface area contributed by atoms with Gasteiger partial charge in [0.15, 0.2) is 12.5 Å². The van der Waals surface area contributed by atoms with Crippen molar-refractivity contribution in [3.63, 3.8) is 0 Å². The van der Waals surface area contributed by atoms with Gasteiger partial charge in [-0.3, -0.25) is 13.9 Å². The lowest BCUT2D eigenvalue weighted by Crippen LogP contribution is -2.37. The van der Waals surface area contributed by atoms with Gasteiger partial charge in [0.05, 0.1) is 6.61 Å². The van der Waals surface area contributed by atoms with Gasteiger partial charge in [-0.25, -0.2) is 9.36 Å². The zero-order valence-corrected chi connectivity index (χ0v) is 20.8. The molecule has 0 radical (unpaired) electrons.